The second-order valence-electron chi connectivity index (χ2n) is 3.16. The molecule has 16 heavy (non-hydrogen) atoms. The Hall–Kier alpha value is -2.04. The first kappa shape index (κ1) is 12.0. The highest BCUT2D eigenvalue weighted by Crippen LogP contribution is 2.31. The third kappa shape index (κ3) is 2.13. The number of methoxy groups -OCH3 is 1. The Labute approximate surface area is 92.3 Å². The molecule has 0 aliphatic heterocycles. The number of carbonyl (C=O) groups is 2. The van der Waals surface area contributed by atoms with Gasteiger partial charge < -0.3 is 14.9 Å². The molecule has 5 nitrogen and oxygen atoms in total. The molecule has 2 N–H and O–H groups in total. The van der Waals surface area contributed by atoms with Crippen molar-refractivity contribution in [3.05, 3.63) is 23.3 Å². The fraction of sp³-hybridized carbons (Fsp3) is 0.273. The normalized spacial score (nSPS) is 9.88. The number of Topliss-reactive ketones (excluding diaryl/α,β-unsaturated/α-hetero) is 1. The molecule has 0 atom stereocenters. The van der Waals surface area contributed by atoms with Crippen molar-refractivity contribution >= 4 is 11.8 Å². The maximum absolute atomic E-state index is 11.4. The maximum Gasteiger partial charge on any atom is 0.339 e. The molecule has 0 aliphatic rings. The van der Waals surface area contributed by atoms with Crippen LogP contribution in [-0.2, 0) is 0 Å². The van der Waals surface area contributed by atoms with Gasteiger partial charge in [0.2, 0.25) is 0 Å². The summed E-state index contributed by atoms with van der Waals surface area (Å²) in [7, 11) is 1.29. The Kier molecular flexibility index (Phi) is 3.50. The molecule has 86 valence electrons. The van der Waals surface area contributed by atoms with Gasteiger partial charge in [0.05, 0.1) is 7.11 Å². The predicted molar refractivity (Wildman–Crippen MR) is 56.2 cm³/mol. The van der Waals surface area contributed by atoms with Gasteiger partial charge in [-0.15, -0.1) is 0 Å². The summed E-state index contributed by atoms with van der Waals surface area (Å²) in [5, 5.41) is 18.4. The summed E-state index contributed by atoms with van der Waals surface area (Å²) in [5.74, 6) is -2.00. The molecule has 0 radical (unpaired) electrons. The summed E-state index contributed by atoms with van der Waals surface area (Å²) in [4.78, 5) is 22.3. The lowest BCUT2D eigenvalue weighted by molar-refractivity contribution is 0.0693. The lowest BCUT2D eigenvalue weighted by Crippen LogP contribution is -2.04. The molecule has 1 rings (SSSR count). The van der Waals surface area contributed by atoms with Crippen molar-refractivity contribution in [3.63, 3.8) is 0 Å². The summed E-state index contributed by atoms with van der Waals surface area (Å²) < 4.78 is 4.81. The Morgan fingerprint density at radius 1 is 1.38 bits per heavy atom. The van der Waals surface area contributed by atoms with E-state index in [1.54, 1.807) is 6.92 Å². The number of benzene rings is 1. The van der Waals surface area contributed by atoms with Crippen molar-refractivity contribution in [2.75, 3.05) is 7.11 Å². The van der Waals surface area contributed by atoms with Crippen molar-refractivity contribution in [1.82, 2.24) is 0 Å². The van der Waals surface area contributed by atoms with Crippen molar-refractivity contribution < 1.29 is 24.5 Å². The molecule has 0 unspecified atom stereocenters. The van der Waals surface area contributed by atoms with E-state index in [1.165, 1.54) is 13.2 Å². The van der Waals surface area contributed by atoms with Gasteiger partial charge in [0.1, 0.15) is 5.56 Å². The molecular formula is C11H12O5. The monoisotopic (exact) mass is 224 g/mol. The number of carbonyl (C=O) groups excluding carboxylic acids is 1. The highest BCUT2D eigenvalue weighted by Gasteiger charge is 2.18. The molecule has 1 aromatic carbocycles. The zero-order valence-corrected chi connectivity index (χ0v) is 8.98. The van der Waals surface area contributed by atoms with Crippen molar-refractivity contribution in [2.45, 2.75) is 13.3 Å². The van der Waals surface area contributed by atoms with Crippen LogP contribution in [0.5, 0.6) is 11.5 Å². The molecule has 0 saturated carbocycles. The minimum Gasteiger partial charge on any atom is -0.504 e. The number of aromatic hydroxyl groups is 1. The number of rotatable bonds is 4. The minimum absolute atomic E-state index is 0.0169. The van der Waals surface area contributed by atoms with Crippen LogP contribution in [0.1, 0.15) is 34.1 Å². The maximum atomic E-state index is 11.4. The highest BCUT2D eigenvalue weighted by atomic mass is 16.5. The molecule has 0 saturated heterocycles. The summed E-state index contributed by atoms with van der Waals surface area (Å²) in [6, 6.07) is 2.47. The third-order valence-electron chi connectivity index (χ3n) is 2.17. The Morgan fingerprint density at radius 2 is 2.00 bits per heavy atom. The van der Waals surface area contributed by atoms with E-state index >= 15 is 0 Å². The van der Waals surface area contributed by atoms with Crippen molar-refractivity contribution in [3.8, 4) is 11.5 Å². The van der Waals surface area contributed by atoms with Gasteiger partial charge in [-0.25, -0.2) is 4.79 Å². The van der Waals surface area contributed by atoms with Gasteiger partial charge in [0.25, 0.3) is 0 Å². The molecule has 0 amide bonds. The van der Waals surface area contributed by atoms with Gasteiger partial charge in [0.15, 0.2) is 17.3 Å². The van der Waals surface area contributed by atoms with E-state index in [0.717, 1.165) is 6.07 Å². The van der Waals surface area contributed by atoms with E-state index in [2.05, 4.69) is 0 Å². The van der Waals surface area contributed by atoms with E-state index in [-0.39, 0.29) is 29.1 Å². The summed E-state index contributed by atoms with van der Waals surface area (Å²) in [6.45, 7) is 1.67. The van der Waals surface area contributed by atoms with Crippen LogP contribution < -0.4 is 4.74 Å². The zero-order chi connectivity index (χ0) is 12.3. The molecule has 0 aliphatic carbocycles. The summed E-state index contributed by atoms with van der Waals surface area (Å²) in [5.41, 5.74) is -0.120. The molecule has 0 spiro atoms. The largest absolute Gasteiger partial charge is 0.504 e. The van der Waals surface area contributed by atoms with Gasteiger partial charge in [-0.3, -0.25) is 4.79 Å². The molecule has 0 aromatic heterocycles. The van der Waals surface area contributed by atoms with Gasteiger partial charge in [0, 0.05) is 12.0 Å². The molecule has 5 heteroatoms. The smallest absolute Gasteiger partial charge is 0.339 e. The van der Waals surface area contributed by atoms with E-state index in [9.17, 15) is 14.7 Å². The zero-order valence-electron chi connectivity index (χ0n) is 8.98. The first-order valence-electron chi connectivity index (χ1n) is 4.68. The fourth-order valence-corrected chi connectivity index (χ4v) is 1.29. The number of carboxylic acids is 1. The third-order valence-corrected chi connectivity index (χ3v) is 2.17. The second-order valence-corrected chi connectivity index (χ2v) is 3.16. The number of ether oxygens (including phenoxy) is 1. The van der Waals surface area contributed by atoms with Crippen LogP contribution in [0.3, 0.4) is 0 Å². The average Bonchev–Trinajstić information content (AvgIpc) is 2.27. The van der Waals surface area contributed by atoms with Crippen LogP contribution in [0, 0.1) is 0 Å². The van der Waals surface area contributed by atoms with Crippen LogP contribution in [0.2, 0.25) is 0 Å². The summed E-state index contributed by atoms with van der Waals surface area (Å²) in [6.07, 6.45) is 0.257. The van der Waals surface area contributed by atoms with E-state index < -0.39 is 11.7 Å². The quantitative estimate of drug-likeness (QED) is 0.760. The van der Waals surface area contributed by atoms with Crippen molar-refractivity contribution in [2.24, 2.45) is 0 Å². The van der Waals surface area contributed by atoms with Crippen molar-refractivity contribution in [1.29, 1.82) is 0 Å². The average molecular weight is 224 g/mol. The first-order valence-corrected chi connectivity index (χ1v) is 4.68. The van der Waals surface area contributed by atoms with Gasteiger partial charge in [-0.1, -0.05) is 6.92 Å². The second kappa shape index (κ2) is 4.65. The molecular weight excluding hydrogens is 212 g/mol. The van der Waals surface area contributed by atoms with Crippen LogP contribution >= 0.6 is 0 Å². The SMILES string of the molecule is CCC(=O)c1cc(OC)c(O)c(C(=O)O)c1. The van der Waals surface area contributed by atoms with Gasteiger partial charge in [-0.2, -0.15) is 0 Å². The number of hydrogen-bond acceptors (Lipinski definition) is 4. The Balaban J connectivity index is 3.40. The van der Waals surface area contributed by atoms with E-state index in [4.69, 9.17) is 9.84 Å². The van der Waals surface area contributed by atoms with Gasteiger partial charge >= 0.3 is 5.97 Å². The number of hydrogen-bond donors (Lipinski definition) is 2. The van der Waals surface area contributed by atoms with Gasteiger partial charge in [-0.05, 0) is 12.1 Å². The fourth-order valence-electron chi connectivity index (χ4n) is 1.29. The number of ketones is 1. The van der Waals surface area contributed by atoms with E-state index in [0.29, 0.717) is 0 Å². The lowest BCUT2D eigenvalue weighted by Gasteiger charge is -2.08. The molecule has 0 heterocycles. The highest BCUT2D eigenvalue weighted by molar-refractivity contribution is 6.00. The summed E-state index contributed by atoms with van der Waals surface area (Å²) >= 11 is 0. The first-order chi connectivity index (χ1) is 7.51. The topological polar surface area (TPSA) is 83.8 Å². The lowest BCUT2D eigenvalue weighted by atomic mass is 10.0. The van der Waals surface area contributed by atoms with E-state index in [1.807, 2.05) is 0 Å². The predicted octanol–water partition coefficient (Wildman–Crippen LogP) is 1.69. The molecule has 1 aromatic rings. The minimum atomic E-state index is -1.30. The number of carboxylic acid groups (broad SMARTS) is 1. The number of phenols is 1. The van der Waals surface area contributed by atoms with Crippen LogP contribution in [0.15, 0.2) is 12.1 Å². The standard InChI is InChI=1S/C11H12O5/c1-3-8(12)6-4-7(11(14)15)10(13)9(5-6)16-2/h4-5,13H,3H2,1-2H3,(H,14,15). The van der Waals surface area contributed by atoms with Crippen LogP contribution in [0.25, 0.3) is 0 Å². The Morgan fingerprint density at radius 3 is 2.44 bits per heavy atom. The Bertz CT molecular complexity index is 436. The number of aromatic carboxylic acids is 1. The molecule has 0 bridgehead atoms. The van der Waals surface area contributed by atoms with Crippen LogP contribution in [-0.4, -0.2) is 29.1 Å². The molecule has 0 fully saturated rings. The van der Waals surface area contributed by atoms with Crippen LogP contribution in [0.4, 0.5) is 0 Å².